The molecule has 0 spiro atoms. The largest absolute Gasteiger partial charge is 0.605 e. The smallest absolute Gasteiger partial charge is 0.599 e. The predicted octanol–water partition coefficient (Wildman–Crippen LogP) is 1.82. The maximum Gasteiger partial charge on any atom is 0.605 e. The van der Waals surface area contributed by atoms with Gasteiger partial charge in [-0.3, -0.25) is 9.59 Å². The molecular formula is C21H26BCl2N3O6. The fourth-order valence-electron chi connectivity index (χ4n) is 5.60. The Kier molecular flexibility index (Phi) is 6.13. The number of carbonyl (C=O) groups is 4. The highest BCUT2D eigenvalue weighted by molar-refractivity contribution is 6.68. The van der Waals surface area contributed by atoms with Gasteiger partial charge in [0.2, 0.25) is 5.91 Å². The van der Waals surface area contributed by atoms with Crippen LogP contribution in [0.5, 0.6) is 0 Å². The molecule has 0 unspecified atom stereocenters. The van der Waals surface area contributed by atoms with E-state index in [0.717, 1.165) is 0 Å². The average molecular weight is 498 g/mol. The number of hydrogen-bond donors (Lipinski definition) is 2. The van der Waals surface area contributed by atoms with E-state index in [1.807, 2.05) is 13.8 Å². The summed E-state index contributed by atoms with van der Waals surface area (Å²) in [7, 11) is 1.81. The number of benzene rings is 1. The van der Waals surface area contributed by atoms with Gasteiger partial charge in [0.25, 0.3) is 5.91 Å². The zero-order valence-corrected chi connectivity index (χ0v) is 20.1. The fourth-order valence-corrected chi connectivity index (χ4v) is 5.98. The Morgan fingerprint density at radius 2 is 1.76 bits per heavy atom. The standard InChI is InChI=1S/C21H26BCl2N3O6/c1-11(2)8-17(22-27(3)15(20(30)32-22)6-7-16(27)21(31)33-22)26-18(28)10-25-19(29)13-9-12(23)4-5-14(13)24/h4-5,9,11,15-17H,6-8,10H2,1-3H3,(H,25,29)(H,26,28)/t15-,16-,17-,22?,27?/m0/s1. The minimum atomic E-state index is -2.49. The first-order valence-corrected chi connectivity index (χ1v) is 11.7. The predicted molar refractivity (Wildman–Crippen MR) is 121 cm³/mol. The van der Waals surface area contributed by atoms with Gasteiger partial charge in [-0.2, -0.15) is 0 Å². The van der Waals surface area contributed by atoms with E-state index in [2.05, 4.69) is 10.6 Å². The summed E-state index contributed by atoms with van der Waals surface area (Å²) >= 11 is 12.0. The Labute approximate surface area is 201 Å². The van der Waals surface area contributed by atoms with Crippen LogP contribution in [-0.2, 0) is 23.7 Å². The molecule has 9 nitrogen and oxygen atoms in total. The summed E-state index contributed by atoms with van der Waals surface area (Å²) in [6.07, 6.45) is 1.50. The summed E-state index contributed by atoms with van der Waals surface area (Å²) in [5, 5.41) is 5.93. The summed E-state index contributed by atoms with van der Waals surface area (Å²) in [6.45, 7) is 1.08. The normalized spacial score (nSPS) is 30.6. The third-order valence-corrected chi connectivity index (χ3v) is 7.67. The molecule has 1 aromatic carbocycles. The van der Waals surface area contributed by atoms with E-state index >= 15 is 0 Å². The van der Waals surface area contributed by atoms with Crippen molar-refractivity contribution in [3.05, 3.63) is 33.8 Å². The van der Waals surface area contributed by atoms with Crippen LogP contribution in [0.15, 0.2) is 18.2 Å². The number of quaternary nitrogens is 1. The van der Waals surface area contributed by atoms with E-state index in [1.165, 1.54) is 12.1 Å². The van der Waals surface area contributed by atoms with Gasteiger partial charge >= 0.3 is 18.6 Å². The van der Waals surface area contributed by atoms with Gasteiger partial charge in [0.15, 0.2) is 0 Å². The maximum atomic E-state index is 12.8. The third-order valence-electron chi connectivity index (χ3n) is 7.11. The Balaban J connectivity index is 1.52. The second-order valence-electron chi connectivity index (χ2n) is 9.54. The minimum Gasteiger partial charge on any atom is -0.599 e. The van der Waals surface area contributed by atoms with Crippen molar-refractivity contribution >= 4 is 53.6 Å². The molecule has 3 aliphatic heterocycles. The fraction of sp³-hybridized carbons (Fsp3) is 0.524. The summed E-state index contributed by atoms with van der Waals surface area (Å²) in [5.41, 5.74) is 0.147. The molecule has 0 radical (unpaired) electrons. The van der Waals surface area contributed by atoms with Crippen molar-refractivity contribution in [2.24, 2.45) is 5.92 Å². The maximum absolute atomic E-state index is 12.8. The van der Waals surface area contributed by atoms with Crippen molar-refractivity contribution in [2.75, 3.05) is 13.6 Å². The molecule has 2 amide bonds. The van der Waals surface area contributed by atoms with E-state index in [0.29, 0.717) is 24.3 Å². The topological polar surface area (TPSA) is 111 Å². The molecule has 0 bridgehead atoms. The van der Waals surface area contributed by atoms with Crippen LogP contribution in [0, 0.1) is 5.92 Å². The minimum absolute atomic E-state index is 0.0415. The highest BCUT2D eigenvalue weighted by atomic mass is 35.5. The lowest BCUT2D eigenvalue weighted by Crippen LogP contribution is -2.73. The van der Waals surface area contributed by atoms with Crippen LogP contribution in [0.1, 0.15) is 43.5 Å². The van der Waals surface area contributed by atoms with E-state index < -0.39 is 48.5 Å². The molecule has 0 saturated carbocycles. The number of hydrogen-bond acceptors (Lipinski definition) is 6. The van der Waals surface area contributed by atoms with Crippen LogP contribution in [0.2, 0.25) is 10.0 Å². The second-order valence-corrected chi connectivity index (χ2v) is 10.4. The van der Waals surface area contributed by atoms with Gasteiger partial charge in [-0.05, 0) is 30.5 Å². The number of carbonyl (C=O) groups excluding carboxylic acids is 4. The lowest BCUT2D eigenvalue weighted by atomic mass is 9.57. The third kappa shape index (κ3) is 3.78. The van der Waals surface area contributed by atoms with E-state index in [4.69, 9.17) is 32.5 Å². The van der Waals surface area contributed by atoms with E-state index in [-0.39, 0.29) is 27.4 Å². The lowest BCUT2D eigenvalue weighted by molar-refractivity contribution is -0.829. The molecule has 33 heavy (non-hydrogen) atoms. The molecule has 0 aliphatic carbocycles. The van der Waals surface area contributed by atoms with Gasteiger partial charge < -0.3 is 24.3 Å². The Hall–Kier alpha value is -2.30. The van der Waals surface area contributed by atoms with Crippen LogP contribution < -0.4 is 10.6 Å². The van der Waals surface area contributed by atoms with Gasteiger partial charge in [-0.1, -0.05) is 37.0 Å². The first-order chi connectivity index (χ1) is 15.5. The summed E-state index contributed by atoms with van der Waals surface area (Å²) < 4.78 is 11.6. The number of halogens is 2. The van der Waals surface area contributed by atoms with Crippen LogP contribution in [-0.4, -0.2) is 66.5 Å². The van der Waals surface area contributed by atoms with Gasteiger partial charge in [0.05, 0.1) is 23.1 Å². The molecule has 3 heterocycles. The molecule has 0 aromatic heterocycles. The molecule has 3 saturated heterocycles. The van der Waals surface area contributed by atoms with Crippen molar-refractivity contribution in [3.63, 3.8) is 0 Å². The van der Waals surface area contributed by atoms with Crippen molar-refractivity contribution in [1.29, 1.82) is 0 Å². The van der Waals surface area contributed by atoms with Gasteiger partial charge in [0, 0.05) is 24.9 Å². The molecular weight excluding hydrogens is 472 g/mol. The van der Waals surface area contributed by atoms with Crippen LogP contribution in [0.4, 0.5) is 0 Å². The SMILES string of the molecule is CC(C)C[C@H](NC(=O)CNC(=O)c1cc(Cl)ccc1Cl)[B-]12OC(=O)[C@@H]3CC[C@@H](C(=O)O1)[N+]32C. The van der Waals surface area contributed by atoms with Crippen molar-refractivity contribution in [3.8, 4) is 0 Å². The number of nitrogens with zero attached hydrogens (tertiary/aromatic N) is 1. The first-order valence-electron chi connectivity index (χ1n) is 11.0. The molecule has 3 atom stereocenters. The number of amides is 2. The highest BCUT2D eigenvalue weighted by Gasteiger charge is 2.78. The van der Waals surface area contributed by atoms with Crippen LogP contribution in [0.3, 0.4) is 0 Å². The lowest BCUT2D eigenvalue weighted by Gasteiger charge is -2.47. The molecule has 3 fully saturated rings. The van der Waals surface area contributed by atoms with Crippen molar-refractivity contribution in [1.82, 2.24) is 10.6 Å². The Morgan fingerprint density at radius 3 is 2.33 bits per heavy atom. The van der Waals surface area contributed by atoms with E-state index in [1.54, 1.807) is 13.1 Å². The zero-order valence-electron chi connectivity index (χ0n) is 18.6. The molecule has 2 N–H and O–H groups in total. The first kappa shape index (κ1) is 23.8. The van der Waals surface area contributed by atoms with Crippen LogP contribution >= 0.6 is 23.2 Å². The zero-order chi connectivity index (χ0) is 24.1. The molecule has 12 heteroatoms. The van der Waals surface area contributed by atoms with Gasteiger partial charge in [-0.25, -0.2) is 9.59 Å². The monoisotopic (exact) mass is 497 g/mol. The summed E-state index contributed by atoms with van der Waals surface area (Å²) in [5.74, 6) is -2.49. The van der Waals surface area contributed by atoms with Gasteiger partial charge in [0.1, 0.15) is 12.1 Å². The number of rotatable bonds is 7. The van der Waals surface area contributed by atoms with Crippen molar-refractivity contribution in [2.45, 2.75) is 51.1 Å². The van der Waals surface area contributed by atoms with Crippen molar-refractivity contribution < 1.29 is 32.9 Å². The summed E-state index contributed by atoms with van der Waals surface area (Å²) in [6, 6.07) is 3.49. The Morgan fingerprint density at radius 1 is 1.15 bits per heavy atom. The van der Waals surface area contributed by atoms with E-state index in [9.17, 15) is 19.2 Å². The molecule has 3 aliphatic rings. The quantitative estimate of drug-likeness (QED) is 0.556. The highest BCUT2D eigenvalue weighted by Crippen LogP contribution is 2.51. The summed E-state index contributed by atoms with van der Waals surface area (Å²) in [4.78, 5) is 50.7. The van der Waals surface area contributed by atoms with Crippen LogP contribution in [0.25, 0.3) is 0 Å². The Bertz CT molecular complexity index is 1010. The van der Waals surface area contributed by atoms with Gasteiger partial charge in [-0.15, -0.1) is 0 Å². The average Bonchev–Trinajstić information content (AvgIpc) is 3.28. The number of likely N-dealkylation sites (N-methyl/N-ethyl adjacent to an activating group) is 1. The molecule has 4 rings (SSSR count). The molecule has 1 aromatic rings. The second kappa shape index (κ2) is 8.49. The number of nitrogens with one attached hydrogen (secondary N) is 2. The molecule has 178 valence electrons.